The molecule has 0 aromatic heterocycles. The summed E-state index contributed by atoms with van der Waals surface area (Å²) in [5.41, 5.74) is 0.598. The van der Waals surface area contributed by atoms with E-state index in [9.17, 15) is 9.59 Å². The highest BCUT2D eigenvalue weighted by molar-refractivity contribution is 6.30. The van der Waals surface area contributed by atoms with Crippen LogP contribution in [0, 0.1) is 5.92 Å². The number of benzene rings is 1. The molecule has 1 heterocycles. The Morgan fingerprint density at radius 3 is 2.47 bits per heavy atom. The van der Waals surface area contributed by atoms with E-state index in [4.69, 9.17) is 11.6 Å². The van der Waals surface area contributed by atoms with Gasteiger partial charge in [-0.25, -0.2) is 0 Å². The van der Waals surface area contributed by atoms with Crippen LogP contribution in [0.1, 0.15) is 23.2 Å². The number of halogens is 1. The minimum absolute atomic E-state index is 0.0304. The van der Waals surface area contributed by atoms with Crippen molar-refractivity contribution in [2.45, 2.75) is 12.8 Å². The summed E-state index contributed by atoms with van der Waals surface area (Å²) in [7, 11) is 0. The van der Waals surface area contributed by atoms with E-state index >= 15 is 0 Å². The van der Waals surface area contributed by atoms with Crippen molar-refractivity contribution in [3.05, 3.63) is 34.9 Å². The summed E-state index contributed by atoms with van der Waals surface area (Å²) in [6.45, 7) is 2.62. The number of rotatable bonds is 6. The van der Waals surface area contributed by atoms with Gasteiger partial charge in [0, 0.05) is 49.0 Å². The van der Waals surface area contributed by atoms with Gasteiger partial charge >= 0.3 is 0 Å². The Bertz CT molecular complexity index is 455. The largest absolute Gasteiger partial charge is 0.356 e. The third-order valence-electron chi connectivity index (χ3n) is 3.20. The molecule has 2 N–H and O–H groups in total. The molecule has 0 spiro atoms. The molecule has 0 atom stereocenters. The van der Waals surface area contributed by atoms with Gasteiger partial charge in [0.2, 0.25) is 5.91 Å². The molecular weight excluding hydrogens is 264 g/mol. The molecule has 1 aliphatic heterocycles. The van der Waals surface area contributed by atoms with Crippen molar-refractivity contribution in [3.63, 3.8) is 0 Å². The summed E-state index contributed by atoms with van der Waals surface area (Å²) < 4.78 is 0. The lowest BCUT2D eigenvalue weighted by Gasteiger charge is -2.27. The van der Waals surface area contributed by atoms with Crippen LogP contribution < -0.4 is 10.6 Å². The first kappa shape index (κ1) is 14.0. The number of hydrogen-bond donors (Lipinski definition) is 2. The molecule has 0 unspecified atom stereocenters. The molecule has 1 aliphatic rings. The van der Waals surface area contributed by atoms with Crippen molar-refractivity contribution in [2.24, 2.45) is 5.92 Å². The van der Waals surface area contributed by atoms with Gasteiger partial charge in [0.15, 0.2) is 5.78 Å². The van der Waals surface area contributed by atoms with E-state index < -0.39 is 0 Å². The van der Waals surface area contributed by atoms with Gasteiger partial charge in [-0.1, -0.05) is 11.6 Å². The molecule has 0 bridgehead atoms. The number of carbonyl (C=O) groups is 2. The zero-order valence-corrected chi connectivity index (χ0v) is 11.4. The van der Waals surface area contributed by atoms with Crippen LogP contribution in [0.5, 0.6) is 0 Å². The molecule has 0 aliphatic carbocycles. The fourth-order valence-corrected chi connectivity index (χ4v) is 1.97. The average molecular weight is 281 g/mol. The lowest BCUT2D eigenvalue weighted by Crippen LogP contribution is -2.48. The Kier molecular flexibility index (Phi) is 4.93. The Labute approximate surface area is 117 Å². The maximum Gasteiger partial charge on any atom is 0.220 e. The maximum atomic E-state index is 11.8. The number of amides is 1. The van der Waals surface area contributed by atoms with E-state index in [0.717, 1.165) is 13.1 Å². The monoisotopic (exact) mass is 280 g/mol. The van der Waals surface area contributed by atoms with E-state index in [0.29, 0.717) is 23.0 Å². The predicted octanol–water partition coefficient (Wildman–Crippen LogP) is 1.64. The van der Waals surface area contributed by atoms with Crippen LogP contribution in [-0.4, -0.2) is 31.3 Å². The summed E-state index contributed by atoms with van der Waals surface area (Å²) >= 11 is 5.75. The molecular formula is C14H17ClN2O2. The molecule has 19 heavy (non-hydrogen) atoms. The van der Waals surface area contributed by atoms with Gasteiger partial charge in [-0.2, -0.15) is 0 Å². The van der Waals surface area contributed by atoms with Crippen molar-refractivity contribution in [3.8, 4) is 0 Å². The topological polar surface area (TPSA) is 58.2 Å². The van der Waals surface area contributed by atoms with E-state index in [1.807, 2.05) is 0 Å². The van der Waals surface area contributed by atoms with Crippen molar-refractivity contribution in [1.82, 2.24) is 10.6 Å². The van der Waals surface area contributed by atoms with Crippen molar-refractivity contribution in [2.75, 3.05) is 19.6 Å². The van der Waals surface area contributed by atoms with Crippen molar-refractivity contribution < 1.29 is 9.59 Å². The number of Topliss-reactive ketones (excluding diaryl/α,β-unsaturated/α-hetero) is 1. The normalized spacial score (nSPS) is 14.8. The first-order valence-corrected chi connectivity index (χ1v) is 6.79. The first-order valence-electron chi connectivity index (χ1n) is 6.41. The highest BCUT2D eigenvalue weighted by Crippen LogP contribution is 2.11. The second-order valence-electron chi connectivity index (χ2n) is 4.76. The van der Waals surface area contributed by atoms with Crippen molar-refractivity contribution >= 4 is 23.3 Å². The van der Waals surface area contributed by atoms with Crippen LogP contribution in [0.25, 0.3) is 0 Å². The highest BCUT2D eigenvalue weighted by Gasteiger charge is 2.17. The molecule has 5 heteroatoms. The van der Waals surface area contributed by atoms with Gasteiger partial charge in [0.25, 0.3) is 0 Å². The van der Waals surface area contributed by atoms with E-state index in [1.54, 1.807) is 24.3 Å². The Morgan fingerprint density at radius 2 is 1.89 bits per heavy atom. The van der Waals surface area contributed by atoms with Gasteiger partial charge in [0.05, 0.1) is 0 Å². The quantitative estimate of drug-likeness (QED) is 0.779. The minimum atomic E-state index is -0.0609. The minimum Gasteiger partial charge on any atom is -0.356 e. The summed E-state index contributed by atoms with van der Waals surface area (Å²) in [5, 5.41) is 6.59. The summed E-state index contributed by atoms with van der Waals surface area (Å²) in [6, 6.07) is 6.72. The van der Waals surface area contributed by atoms with E-state index in [-0.39, 0.29) is 24.5 Å². The van der Waals surface area contributed by atoms with Crippen LogP contribution in [0.15, 0.2) is 24.3 Å². The van der Waals surface area contributed by atoms with Gasteiger partial charge in [-0.15, -0.1) is 0 Å². The standard InChI is InChI=1S/C14H17ClN2O2/c15-12-3-1-11(2-4-12)13(18)5-6-14(19)17-9-10-7-16-8-10/h1-4,10,16H,5-9H2,(H,17,19). The Hall–Kier alpha value is -1.39. The first-order chi connectivity index (χ1) is 9.15. The zero-order chi connectivity index (χ0) is 13.7. The second kappa shape index (κ2) is 6.68. The fourth-order valence-electron chi connectivity index (χ4n) is 1.85. The van der Waals surface area contributed by atoms with E-state index in [2.05, 4.69) is 10.6 Å². The molecule has 0 radical (unpaired) electrons. The second-order valence-corrected chi connectivity index (χ2v) is 5.19. The summed E-state index contributed by atoms with van der Waals surface area (Å²) in [6.07, 6.45) is 0.470. The fraction of sp³-hybridized carbons (Fsp3) is 0.429. The average Bonchev–Trinajstić information content (AvgIpc) is 2.35. The SMILES string of the molecule is O=C(CCC(=O)c1ccc(Cl)cc1)NCC1CNC1. The maximum absolute atomic E-state index is 11.8. The molecule has 1 saturated heterocycles. The van der Waals surface area contributed by atoms with Gasteiger partial charge < -0.3 is 10.6 Å². The smallest absolute Gasteiger partial charge is 0.220 e. The predicted molar refractivity (Wildman–Crippen MR) is 74.4 cm³/mol. The van der Waals surface area contributed by atoms with Crippen molar-refractivity contribution in [1.29, 1.82) is 0 Å². The number of ketones is 1. The zero-order valence-electron chi connectivity index (χ0n) is 10.6. The van der Waals surface area contributed by atoms with Gasteiger partial charge in [0.1, 0.15) is 0 Å². The number of hydrogen-bond acceptors (Lipinski definition) is 3. The highest BCUT2D eigenvalue weighted by atomic mass is 35.5. The lowest BCUT2D eigenvalue weighted by molar-refractivity contribution is -0.121. The van der Waals surface area contributed by atoms with Crippen LogP contribution >= 0.6 is 11.6 Å². The van der Waals surface area contributed by atoms with Crippen LogP contribution in [-0.2, 0) is 4.79 Å². The molecule has 4 nitrogen and oxygen atoms in total. The van der Waals surface area contributed by atoms with Gasteiger partial charge in [-0.05, 0) is 24.3 Å². The molecule has 1 aromatic rings. The van der Waals surface area contributed by atoms with Crippen LogP contribution in [0.4, 0.5) is 0 Å². The molecule has 1 aromatic carbocycles. The summed E-state index contributed by atoms with van der Waals surface area (Å²) in [4.78, 5) is 23.4. The molecule has 0 saturated carbocycles. The third-order valence-corrected chi connectivity index (χ3v) is 3.45. The number of nitrogens with one attached hydrogen (secondary N) is 2. The summed E-state index contributed by atoms with van der Waals surface area (Å²) in [5.74, 6) is 0.447. The van der Waals surface area contributed by atoms with Crippen LogP contribution in [0.3, 0.4) is 0 Å². The molecule has 1 fully saturated rings. The molecule has 102 valence electrons. The number of carbonyl (C=O) groups excluding carboxylic acids is 2. The Balaban J connectivity index is 1.70. The third kappa shape index (κ3) is 4.33. The Morgan fingerprint density at radius 1 is 1.21 bits per heavy atom. The lowest BCUT2D eigenvalue weighted by atomic mass is 10.0. The molecule has 2 rings (SSSR count). The van der Waals surface area contributed by atoms with Gasteiger partial charge in [-0.3, -0.25) is 9.59 Å². The molecule has 1 amide bonds. The van der Waals surface area contributed by atoms with Crippen LogP contribution in [0.2, 0.25) is 5.02 Å². The van der Waals surface area contributed by atoms with E-state index in [1.165, 1.54) is 0 Å².